The number of rotatable bonds is 2. The number of carbonyl (C=O) groups is 1. The van der Waals surface area contributed by atoms with Gasteiger partial charge in [0.05, 0.1) is 5.02 Å². The van der Waals surface area contributed by atoms with Crippen molar-refractivity contribution in [2.24, 2.45) is 0 Å². The van der Waals surface area contributed by atoms with Crippen LogP contribution in [0.1, 0.15) is 5.56 Å². The molecule has 1 aromatic rings. The summed E-state index contributed by atoms with van der Waals surface area (Å²) in [5.74, 6) is -0.977. The van der Waals surface area contributed by atoms with Crippen molar-refractivity contribution in [3.63, 3.8) is 0 Å². The van der Waals surface area contributed by atoms with Crippen LogP contribution in [0.5, 0.6) is 0 Å². The Morgan fingerprint density at radius 1 is 1.54 bits per heavy atom. The molecule has 13 heavy (non-hydrogen) atoms. The fraction of sp³-hybridized carbons (Fsp3) is 0. The molecule has 0 fully saturated rings. The van der Waals surface area contributed by atoms with Crippen LogP contribution in [0, 0.1) is 3.57 Å². The van der Waals surface area contributed by atoms with Crippen LogP contribution in [-0.2, 0) is 4.79 Å². The third-order valence-electron chi connectivity index (χ3n) is 1.39. The van der Waals surface area contributed by atoms with Crippen LogP contribution in [0.15, 0.2) is 24.3 Å². The third-order valence-corrected chi connectivity index (χ3v) is 3.03. The first-order valence-electron chi connectivity index (χ1n) is 3.46. The predicted molar refractivity (Wildman–Crippen MR) is 60.8 cm³/mol. The van der Waals surface area contributed by atoms with Crippen molar-refractivity contribution in [3.8, 4) is 0 Å². The smallest absolute Gasteiger partial charge is 0.328 e. The molecule has 68 valence electrons. The van der Waals surface area contributed by atoms with E-state index in [4.69, 9.17) is 16.7 Å². The quantitative estimate of drug-likeness (QED) is 0.673. The van der Waals surface area contributed by atoms with Crippen molar-refractivity contribution >= 4 is 46.2 Å². The second kappa shape index (κ2) is 4.62. The van der Waals surface area contributed by atoms with E-state index in [2.05, 4.69) is 22.6 Å². The molecule has 0 unspecified atom stereocenters. The molecule has 1 N–H and O–H groups in total. The van der Waals surface area contributed by atoms with Gasteiger partial charge in [0.25, 0.3) is 0 Å². The van der Waals surface area contributed by atoms with Gasteiger partial charge < -0.3 is 5.11 Å². The molecule has 0 amide bonds. The lowest BCUT2D eigenvalue weighted by molar-refractivity contribution is -0.131. The second-order valence-electron chi connectivity index (χ2n) is 2.31. The molecule has 0 aromatic heterocycles. The second-order valence-corrected chi connectivity index (χ2v) is 3.85. The summed E-state index contributed by atoms with van der Waals surface area (Å²) < 4.78 is 0.909. The van der Waals surface area contributed by atoms with Crippen LogP contribution in [0.4, 0.5) is 0 Å². The minimum atomic E-state index is -0.977. The van der Waals surface area contributed by atoms with Crippen molar-refractivity contribution in [2.45, 2.75) is 0 Å². The Bertz CT molecular complexity index is 361. The van der Waals surface area contributed by atoms with Crippen molar-refractivity contribution in [3.05, 3.63) is 38.4 Å². The fourth-order valence-electron chi connectivity index (χ4n) is 0.810. The first-order valence-corrected chi connectivity index (χ1v) is 4.92. The highest BCUT2D eigenvalue weighted by atomic mass is 127. The van der Waals surface area contributed by atoms with E-state index in [0.29, 0.717) is 5.02 Å². The Hall–Kier alpha value is -0.550. The van der Waals surface area contributed by atoms with Crippen LogP contribution >= 0.6 is 34.2 Å². The van der Waals surface area contributed by atoms with Crippen LogP contribution in [0.25, 0.3) is 6.08 Å². The van der Waals surface area contributed by atoms with E-state index in [-0.39, 0.29) is 0 Å². The van der Waals surface area contributed by atoms with Gasteiger partial charge in [-0.15, -0.1) is 0 Å². The number of halogens is 2. The van der Waals surface area contributed by atoms with Crippen molar-refractivity contribution in [2.75, 3.05) is 0 Å². The van der Waals surface area contributed by atoms with Crippen LogP contribution in [-0.4, -0.2) is 11.1 Å². The molecule has 1 aromatic carbocycles. The summed E-state index contributed by atoms with van der Waals surface area (Å²) in [6, 6.07) is 5.46. The highest BCUT2D eigenvalue weighted by Crippen LogP contribution is 2.23. The van der Waals surface area contributed by atoms with E-state index >= 15 is 0 Å². The van der Waals surface area contributed by atoms with Gasteiger partial charge in [-0.2, -0.15) is 0 Å². The normalized spacial score (nSPS) is 10.6. The molecular formula is C9H6ClIO2. The maximum atomic E-state index is 10.2. The predicted octanol–water partition coefficient (Wildman–Crippen LogP) is 3.04. The largest absolute Gasteiger partial charge is 0.478 e. The van der Waals surface area contributed by atoms with E-state index < -0.39 is 5.97 Å². The maximum Gasteiger partial charge on any atom is 0.328 e. The molecule has 0 atom stereocenters. The molecule has 1 rings (SSSR count). The Labute approximate surface area is 94.4 Å². The first-order chi connectivity index (χ1) is 6.11. The average molecular weight is 309 g/mol. The van der Waals surface area contributed by atoms with Crippen LogP contribution in [0.3, 0.4) is 0 Å². The fourth-order valence-corrected chi connectivity index (χ4v) is 1.52. The SMILES string of the molecule is O=C(O)/C=C/c1cccc(I)c1Cl. The number of aliphatic carboxylic acids is 1. The van der Waals surface area contributed by atoms with Gasteiger partial charge in [0.15, 0.2) is 0 Å². The number of hydrogen-bond acceptors (Lipinski definition) is 1. The van der Waals surface area contributed by atoms with Gasteiger partial charge in [-0.05, 0) is 40.3 Å². The summed E-state index contributed by atoms with van der Waals surface area (Å²) in [7, 11) is 0. The van der Waals surface area contributed by atoms with E-state index in [1.807, 2.05) is 12.1 Å². The lowest BCUT2D eigenvalue weighted by Gasteiger charge is -1.98. The topological polar surface area (TPSA) is 37.3 Å². The maximum absolute atomic E-state index is 10.2. The summed E-state index contributed by atoms with van der Waals surface area (Å²) in [5.41, 5.74) is 0.718. The molecular weight excluding hydrogens is 302 g/mol. The summed E-state index contributed by atoms with van der Waals surface area (Å²) in [6.07, 6.45) is 2.55. The van der Waals surface area contributed by atoms with Gasteiger partial charge >= 0.3 is 5.97 Å². The highest BCUT2D eigenvalue weighted by molar-refractivity contribution is 14.1. The van der Waals surface area contributed by atoms with Crippen molar-refractivity contribution in [1.82, 2.24) is 0 Å². The third kappa shape index (κ3) is 3.00. The van der Waals surface area contributed by atoms with Gasteiger partial charge in [-0.3, -0.25) is 0 Å². The average Bonchev–Trinajstić information content (AvgIpc) is 2.07. The lowest BCUT2D eigenvalue weighted by Crippen LogP contribution is -1.86. The van der Waals surface area contributed by atoms with E-state index in [1.165, 1.54) is 6.08 Å². The van der Waals surface area contributed by atoms with E-state index in [9.17, 15) is 4.79 Å². The number of carboxylic acid groups (broad SMARTS) is 1. The Balaban J connectivity index is 3.02. The minimum absolute atomic E-state index is 0.584. The van der Waals surface area contributed by atoms with Gasteiger partial charge in [-0.25, -0.2) is 4.79 Å². The van der Waals surface area contributed by atoms with Crippen molar-refractivity contribution in [1.29, 1.82) is 0 Å². The van der Waals surface area contributed by atoms with Gasteiger partial charge in [0.1, 0.15) is 0 Å². The summed E-state index contributed by atoms with van der Waals surface area (Å²) in [6.45, 7) is 0. The molecule has 0 saturated carbocycles. The number of benzene rings is 1. The van der Waals surface area contributed by atoms with Gasteiger partial charge in [-0.1, -0.05) is 23.7 Å². The summed E-state index contributed by atoms with van der Waals surface area (Å²) in [5, 5.41) is 8.99. The molecule has 2 nitrogen and oxygen atoms in total. The van der Waals surface area contributed by atoms with Crippen LogP contribution in [0.2, 0.25) is 5.02 Å². The van der Waals surface area contributed by atoms with Gasteiger partial charge in [0, 0.05) is 9.65 Å². The lowest BCUT2D eigenvalue weighted by atomic mass is 10.2. The van der Waals surface area contributed by atoms with Gasteiger partial charge in [0.2, 0.25) is 0 Å². The molecule has 4 heteroatoms. The molecule has 0 aliphatic rings. The van der Waals surface area contributed by atoms with Crippen LogP contribution < -0.4 is 0 Å². The molecule has 0 aliphatic heterocycles. The summed E-state index contributed by atoms with van der Waals surface area (Å²) >= 11 is 8.02. The zero-order valence-electron chi connectivity index (χ0n) is 6.50. The first kappa shape index (κ1) is 10.5. The molecule has 0 saturated heterocycles. The zero-order chi connectivity index (χ0) is 9.84. The highest BCUT2D eigenvalue weighted by Gasteiger charge is 2.00. The zero-order valence-corrected chi connectivity index (χ0v) is 9.41. The standard InChI is InChI=1S/C9H6ClIO2/c10-9-6(4-5-8(12)13)2-1-3-7(9)11/h1-5H,(H,12,13)/b5-4+. The number of carboxylic acids is 1. The number of hydrogen-bond donors (Lipinski definition) is 1. The molecule has 0 spiro atoms. The summed E-state index contributed by atoms with van der Waals surface area (Å²) in [4.78, 5) is 10.2. The monoisotopic (exact) mass is 308 g/mol. The Morgan fingerprint density at radius 2 is 2.23 bits per heavy atom. The molecule has 0 radical (unpaired) electrons. The molecule has 0 aliphatic carbocycles. The Morgan fingerprint density at radius 3 is 2.85 bits per heavy atom. The van der Waals surface area contributed by atoms with Crippen molar-refractivity contribution < 1.29 is 9.90 Å². The van der Waals surface area contributed by atoms with E-state index in [0.717, 1.165) is 15.2 Å². The molecule has 0 heterocycles. The Kier molecular flexibility index (Phi) is 3.74. The van der Waals surface area contributed by atoms with E-state index in [1.54, 1.807) is 6.07 Å². The molecule has 0 bridgehead atoms. The minimum Gasteiger partial charge on any atom is -0.478 e.